The smallest absolute Gasteiger partial charge is 0.416 e. The number of benzene rings is 1. The molecule has 0 radical (unpaired) electrons. The summed E-state index contributed by atoms with van der Waals surface area (Å²) in [5.74, 6) is 0.868. The van der Waals surface area contributed by atoms with Gasteiger partial charge in [-0.15, -0.1) is 0 Å². The van der Waals surface area contributed by atoms with E-state index < -0.39 is 11.7 Å². The Labute approximate surface area is 190 Å². The van der Waals surface area contributed by atoms with Crippen LogP contribution in [0.5, 0.6) is 5.75 Å². The monoisotopic (exact) mass is 454 g/mol. The van der Waals surface area contributed by atoms with Crippen molar-refractivity contribution < 1.29 is 27.4 Å². The second kappa shape index (κ2) is 15.5. The van der Waals surface area contributed by atoms with E-state index in [4.69, 9.17) is 9.47 Å². The standard InChI is InChI=1S/C16H19F3O.C10H18O2/c17-16(18,19)14-9-5-10-15(12-14)20-11-4-3-8-13-6-1-2-7-13;1-4-5-6-7-8-10(11)12-9(2)3/h3,5,8-10,12-13H,1-2,4,6-7,11H2;4-5,9H,6-8H2,1-3H3/b8-3+;5-4-. The molecular formula is C26H37F3O3. The van der Waals surface area contributed by atoms with Gasteiger partial charge >= 0.3 is 12.1 Å². The largest absolute Gasteiger partial charge is 0.493 e. The maximum Gasteiger partial charge on any atom is 0.416 e. The maximum absolute atomic E-state index is 12.5. The average Bonchev–Trinajstić information content (AvgIpc) is 3.24. The Bertz CT molecular complexity index is 703. The van der Waals surface area contributed by atoms with Gasteiger partial charge in [-0.2, -0.15) is 13.2 Å². The van der Waals surface area contributed by atoms with Crippen LogP contribution in [0.3, 0.4) is 0 Å². The van der Waals surface area contributed by atoms with Crippen molar-refractivity contribution in [3.8, 4) is 5.75 Å². The van der Waals surface area contributed by atoms with Gasteiger partial charge in [0.05, 0.1) is 18.3 Å². The van der Waals surface area contributed by atoms with Crippen LogP contribution < -0.4 is 4.74 Å². The SMILES string of the molecule is C/C=C\CCCC(=O)OC(C)C.FC(F)(F)c1cccc(OCC/C=C/C2CCCC2)c1. The first-order valence-corrected chi connectivity index (χ1v) is 11.5. The molecule has 0 unspecified atom stereocenters. The quantitative estimate of drug-likeness (QED) is 0.205. The Balaban J connectivity index is 0.000000368. The van der Waals surface area contributed by atoms with E-state index in [0.29, 0.717) is 18.9 Å². The molecule has 1 aromatic rings. The van der Waals surface area contributed by atoms with Crippen LogP contribution in [0.25, 0.3) is 0 Å². The van der Waals surface area contributed by atoms with Gasteiger partial charge < -0.3 is 9.47 Å². The second-order valence-corrected chi connectivity index (χ2v) is 8.14. The summed E-state index contributed by atoms with van der Waals surface area (Å²) in [6, 6.07) is 5.01. The van der Waals surface area contributed by atoms with Crippen molar-refractivity contribution in [3.63, 3.8) is 0 Å². The van der Waals surface area contributed by atoms with Crippen molar-refractivity contribution in [3.05, 3.63) is 54.1 Å². The highest BCUT2D eigenvalue weighted by atomic mass is 19.4. The zero-order valence-corrected chi connectivity index (χ0v) is 19.5. The molecule has 0 spiro atoms. The number of unbranched alkanes of at least 4 members (excludes halogenated alkanes) is 1. The van der Waals surface area contributed by atoms with E-state index in [9.17, 15) is 18.0 Å². The fourth-order valence-electron chi connectivity index (χ4n) is 3.30. The van der Waals surface area contributed by atoms with Gasteiger partial charge in [-0.25, -0.2) is 0 Å². The lowest BCUT2D eigenvalue weighted by Gasteiger charge is -2.09. The van der Waals surface area contributed by atoms with E-state index in [-0.39, 0.29) is 17.8 Å². The molecule has 0 amide bonds. The molecule has 0 N–H and O–H groups in total. The lowest BCUT2D eigenvalue weighted by Crippen LogP contribution is -2.10. The molecule has 0 atom stereocenters. The lowest BCUT2D eigenvalue weighted by molar-refractivity contribution is -0.147. The number of carbonyl (C=O) groups is 1. The van der Waals surface area contributed by atoms with Crippen LogP contribution in [-0.4, -0.2) is 18.7 Å². The number of allylic oxidation sites excluding steroid dienone is 3. The van der Waals surface area contributed by atoms with E-state index in [0.717, 1.165) is 31.4 Å². The topological polar surface area (TPSA) is 35.5 Å². The first kappa shape index (κ1) is 27.8. The van der Waals surface area contributed by atoms with Crippen LogP contribution in [-0.2, 0) is 15.7 Å². The molecular weight excluding hydrogens is 417 g/mol. The highest BCUT2D eigenvalue weighted by Crippen LogP contribution is 2.31. The minimum Gasteiger partial charge on any atom is -0.493 e. The van der Waals surface area contributed by atoms with E-state index in [2.05, 4.69) is 18.2 Å². The van der Waals surface area contributed by atoms with Crippen molar-refractivity contribution in [1.29, 1.82) is 0 Å². The highest BCUT2D eigenvalue weighted by Gasteiger charge is 2.30. The summed E-state index contributed by atoms with van der Waals surface area (Å²) in [4.78, 5) is 11.0. The number of hydrogen-bond acceptors (Lipinski definition) is 3. The number of hydrogen-bond donors (Lipinski definition) is 0. The third-order valence-electron chi connectivity index (χ3n) is 4.88. The third kappa shape index (κ3) is 13.2. The molecule has 0 saturated heterocycles. The first-order valence-electron chi connectivity index (χ1n) is 11.5. The molecule has 1 aromatic carbocycles. The number of halogens is 3. The summed E-state index contributed by atoms with van der Waals surface area (Å²) < 4.78 is 47.9. The van der Waals surface area contributed by atoms with Gasteiger partial charge in [0.15, 0.2) is 0 Å². The van der Waals surface area contributed by atoms with Gasteiger partial charge in [0.25, 0.3) is 0 Å². The molecule has 1 fully saturated rings. The van der Waals surface area contributed by atoms with Gasteiger partial charge in [-0.05, 0) is 77.0 Å². The molecule has 6 heteroatoms. The van der Waals surface area contributed by atoms with E-state index >= 15 is 0 Å². The number of esters is 1. The van der Waals surface area contributed by atoms with E-state index in [1.807, 2.05) is 26.8 Å². The molecule has 0 aromatic heterocycles. The number of ether oxygens (including phenoxy) is 2. The summed E-state index contributed by atoms with van der Waals surface area (Å²) in [7, 11) is 0. The lowest BCUT2D eigenvalue weighted by atomic mass is 10.1. The van der Waals surface area contributed by atoms with Crippen LogP contribution in [0.2, 0.25) is 0 Å². The molecule has 0 heterocycles. The predicted octanol–water partition coefficient (Wildman–Crippen LogP) is 7.91. The van der Waals surface area contributed by atoms with Gasteiger partial charge in [0, 0.05) is 6.42 Å². The first-order chi connectivity index (χ1) is 15.2. The number of carbonyl (C=O) groups excluding carboxylic acids is 1. The van der Waals surface area contributed by atoms with Crippen molar-refractivity contribution in [2.75, 3.05) is 6.61 Å². The Hall–Kier alpha value is -2.24. The van der Waals surface area contributed by atoms with Gasteiger partial charge in [0.2, 0.25) is 0 Å². The molecule has 3 nitrogen and oxygen atoms in total. The molecule has 180 valence electrons. The molecule has 32 heavy (non-hydrogen) atoms. The average molecular weight is 455 g/mol. The van der Waals surface area contributed by atoms with Gasteiger partial charge in [0.1, 0.15) is 5.75 Å². The van der Waals surface area contributed by atoms with Gasteiger partial charge in [-0.1, -0.05) is 43.2 Å². The second-order valence-electron chi connectivity index (χ2n) is 8.14. The van der Waals surface area contributed by atoms with Crippen molar-refractivity contribution >= 4 is 5.97 Å². The zero-order valence-electron chi connectivity index (χ0n) is 19.5. The zero-order chi connectivity index (χ0) is 23.8. The van der Waals surface area contributed by atoms with Crippen LogP contribution in [0.1, 0.15) is 77.7 Å². The van der Waals surface area contributed by atoms with Crippen LogP contribution in [0.4, 0.5) is 13.2 Å². The summed E-state index contributed by atoms with van der Waals surface area (Å²) >= 11 is 0. The predicted molar refractivity (Wildman–Crippen MR) is 123 cm³/mol. The van der Waals surface area contributed by atoms with E-state index in [1.165, 1.54) is 31.7 Å². The summed E-state index contributed by atoms with van der Waals surface area (Å²) in [6.45, 7) is 6.12. The summed E-state index contributed by atoms with van der Waals surface area (Å²) in [5, 5.41) is 0. The highest BCUT2D eigenvalue weighted by molar-refractivity contribution is 5.69. The molecule has 1 aliphatic carbocycles. The summed E-state index contributed by atoms with van der Waals surface area (Å²) in [5.41, 5.74) is -0.670. The number of rotatable bonds is 10. The number of alkyl halides is 3. The molecule has 1 aliphatic rings. The van der Waals surface area contributed by atoms with Crippen molar-refractivity contribution in [2.45, 2.75) is 84.4 Å². The third-order valence-corrected chi connectivity index (χ3v) is 4.88. The molecule has 1 saturated carbocycles. The van der Waals surface area contributed by atoms with E-state index in [1.54, 1.807) is 6.07 Å². The molecule has 0 bridgehead atoms. The molecule has 0 aliphatic heterocycles. The Morgan fingerprint density at radius 2 is 1.88 bits per heavy atom. The summed E-state index contributed by atoms with van der Waals surface area (Å²) in [6.07, 6.45) is 12.2. The minimum atomic E-state index is -4.32. The Morgan fingerprint density at radius 1 is 1.16 bits per heavy atom. The minimum absolute atomic E-state index is 0.0132. The Kier molecular flexibility index (Phi) is 13.5. The molecule has 2 rings (SSSR count). The van der Waals surface area contributed by atoms with Crippen molar-refractivity contribution in [1.82, 2.24) is 0 Å². The van der Waals surface area contributed by atoms with Crippen LogP contribution in [0, 0.1) is 5.92 Å². The fourth-order valence-corrected chi connectivity index (χ4v) is 3.30. The Morgan fingerprint density at radius 3 is 2.50 bits per heavy atom. The van der Waals surface area contributed by atoms with Crippen molar-refractivity contribution in [2.24, 2.45) is 5.92 Å². The fraction of sp³-hybridized carbons (Fsp3) is 0.577. The maximum atomic E-state index is 12.5. The van der Waals surface area contributed by atoms with Crippen LogP contribution in [0.15, 0.2) is 48.6 Å². The van der Waals surface area contributed by atoms with Gasteiger partial charge in [-0.3, -0.25) is 4.79 Å². The normalized spacial score (nSPS) is 14.7. The van der Waals surface area contributed by atoms with Crippen LogP contribution >= 0.6 is 0 Å².